The lowest BCUT2D eigenvalue weighted by Gasteiger charge is -2.10. The topological polar surface area (TPSA) is 65.9 Å². The van der Waals surface area contributed by atoms with Crippen LogP contribution in [0.5, 0.6) is 0 Å². The van der Waals surface area contributed by atoms with Gasteiger partial charge in [-0.2, -0.15) is 15.3 Å². The van der Waals surface area contributed by atoms with E-state index >= 15 is 0 Å². The molecule has 0 amide bonds. The van der Waals surface area contributed by atoms with Crippen LogP contribution in [-0.4, -0.2) is 67.6 Å². The summed E-state index contributed by atoms with van der Waals surface area (Å²) in [6.45, 7) is 22.6. The van der Waals surface area contributed by atoms with Crippen LogP contribution in [0.25, 0.3) is 0 Å². The summed E-state index contributed by atoms with van der Waals surface area (Å²) in [5.74, 6) is 2.48. The van der Waals surface area contributed by atoms with E-state index in [2.05, 4.69) is 106 Å². The van der Waals surface area contributed by atoms with Crippen LogP contribution in [0.4, 0.5) is 0 Å². The first-order valence-corrected chi connectivity index (χ1v) is 14.9. The van der Waals surface area contributed by atoms with Crippen molar-refractivity contribution >= 4 is 0 Å². The van der Waals surface area contributed by atoms with Crippen LogP contribution in [0, 0.1) is 5.92 Å². The third-order valence-corrected chi connectivity index (χ3v) is 7.57. The van der Waals surface area contributed by atoms with Crippen LogP contribution in [-0.2, 0) is 11.3 Å². The molecule has 8 nitrogen and oxygen atoms in total. The van der Waals surface area contributed by atoms with E-state index in [9.17, 15) is 0 Å². The lowest BCUT2D eigenvalue weighted by atomic mass is 10.1. The summed E-state index contributed by atoms with van der Waals surface area (Å²) in [6, 6.07) is 3.03. The molecule has 39 heavy (non-hydrogen) atoms. The second-order valence-electron chi connectivity index (χ2n) is 12.5. The summed E-state index contributed by atoms with van der Waals surface area (Å²) in [5, 5.41) is 13.2. The van der Waals surface area contributed by atoms with Crippen LogP contribution in [0.3, 0.4) is 0 Å². The van der Waals surface area contributed by atoms with Crippen molar-refractivity contribution < 1.29 is 4.74 Å². The highest BCUT2D eigenvalue weighted by Gasteiger charge is 2.20. The van der Waals surface area contributed by atoms with Gasteiger partial charge in [-0.25, -0.2) is 0 Å². The second kappa shape index (κ2) is 14.8. The van der Waals surface area contributed by atoms with Crippen LogP contribution in [0.2, 0.25) is 0 Å². The van der Waals surface area contributed by atoms with Gasteiger partial charge < -0.3 is 9.64 Å². The molecule has 2 aliphatic heterocycles. The Kier molecular flexibility index (Phi) is 11.8. The highest BCUT2D eigenvalue weighted by molar-refractivity contribution is 5.10. The minimum atomic E-state index is 0.465. The van der Waals surface area contributed by atoms with Gasteiger partial charge in [0.1, 0.15) is 0 Å². The first-order valence-electron chi connectivity index (χ1n) is 14.9. The van der Waals surface area contributed by atoms with Gasteiger partial charge in [0.25, 0.3) is 0 Å². The summed E-state index contributed by atoms with van der Waals surface area (Å²) in [6.07, 6.45) is 12.8. The van der Waals surface area contributed by atoms with Crippen molar-refractivity contribution in [3.05, 3.63) is 53.9 Å². The molecule has 2 aliphatic rings. The number of rotatable bonds is 7. The molecule has 0 saturated carbocycles. The third-order valence-electron chi connectivity index (χ3n) is 7.57. The predicted octanol–water partition coefficient (Wildman–Crippen LogP) is 6.51. The van der Waals surface area contributed by atoms with Crippen molar-refractivity contribution in [2.75, 3.05) is 33.4 Å². The molecule has 8 heteroatoms. The van der Waals surface area contributed by atoms with Gasteiger partial charge in [0, 0.05) is 44.3 Å². The molecule has 3 aromatic heterocycles. The largest absolute Gasteiger partial charge is 0.379 e. The Morgan fingerprint density at radius 1 is 0.897 bits per heavy atom. The van der Waals surface area contributed by atoms with Gasteiger partial charge in [-0.05, 0) is 81.1 Å². The van der Waals surface area contributed by atoms with E-state index < -0.39 is 0 Å². The van der Waals surface area contributed by atoms with Gasteiger partial charge in [0.15, 0.2) is 0 Å². The molecule has 0 spiro atoms. The van der Waals surface area contributed by atoms with E-state index in [1.807, 2.05) is 28.0 Å². The molecule has 5 heterocycles. The van der Waals surface area contributed by atoms with Gasteiger partial charge in [-0.15, -0.1) is 0 Å². The first kappa shape index (κ1) is 31.1. The van der Waals surface area contributed by atoms with E-state index in [1.54, 1.807) is 0 Å². The number of aromatic nitrogens is 6. The predicted molar refractivity (Wildman–Crippen MR) is 159 cm³/mol. The number of hydrogen-bond acceptors (Lipinski definition) is 5. The van der Waals surface area contributed by atoms with Crippen molar-refractivity contribution in [3.8, 4) is 0 Å². The molecule has 218 valence electrons. The fourth-order valence-electron chi connectivity index (χ4n) is 4.75. The Hall–Kier alpha value is -2.45. The van der Waals surface area contributed by atoms with Crippen molar-refractivity contribution in [1.82, 2.24) is 34.2 Å². The molecule has 0 radical (unpaired) electrons. The number of likely N-dealkylation sites (tertiary alicyclic amines) is 1. The molecule has 0 N–H and O–H groups in total. The zero-order valence-corrected chi connectivity index (χ0v) is 25.9. The van der Waals surface area contributed by atoms with E-state index in [-0.39, 0.29) is 0 Å². The van der Waals surface area contributed by atoms with Crippen LogP contribution in [0.1, 0.15) is 115 Å². The van der Waals surface area contributed by atoms with Crippen molar-refractivity contribution in [2.45, 2.75) is 105 Å². The summed E-state index contributed by atoms with van der Waals surface area (Å²) < 4.78 is 11.5. The Morgan fingerprint density at radius 3 is 2.05 bits per heavy atom. The van der Waals surface area contributed by atoms with E-state index in [0.29, 0.717) is 29.8 Å². The minimum Gasteiger partial charge on any atom is -0.379 e. The molecule has 5 rings (SSSR count). The van der Waals surface area contributed by atoms with Crippen LogP contribution < -0.4 is 0 Å². The molecule has 0 aliphatic carbocycles. The van der Waals surface area contributed by atoms with Crippen LogP contribution in [0.15, 0.2) is 37.1 Å². The fraction of sp³-hybridized carbons (Fsp3) is 0.710. The third kappa shape index (κ3) is 9.60. The van der Waals surface area contributed by atoms with E-state index in [1.165, 1.54) is 36.3 Å². The van der Waals surface area contributed by atoms with Gasteiger partial charge in [0.05, 0.1) is 30.7 Å². The molecular formula is C31H53N7O. The lowest BCUT2D eigenvalue weighted by Crippen LogP contribution is -2.17. The maximum Gasteiger partial charge on any atom is 0.0774 e. The normalized spacial score (nSPS) is 19.6. The molecular weight excluding hydrogens is 486 g/mol. The molecule has 2 saturated heterocycles. The zero-order valence-electron chi connectivity index (χ0n) is 25.9. The second-order valence-corrected chi connectivity index (χ2v) is 12.5. The van der Waals surface area contributed by atoms with Gasteiger partial charge in [0.2, 0.25) is 0 Å². The lowest BCUT2D eigenvalue weighted by molar-refractivity contribution is 0.184. The highest BCUT2D eigenvalue weighted by atomic mass is 16.5. The SMILES string of the molecule is CC(C)c1ccn(C(C)C)n1.CC(C)c1cnn(C2CCOC2)c1.CC(C)c1cnn(CC2CCN(C)C2)c1. The number of nitrogens with zero attached hydrogens (tertiary/aromatic N) is 7. The summed E-state index contributed by atoms with van der Waals surface area (Å²) in [5.41, 5.74) is 3.84. The molecule has 3 aromatic rings. The number of ether oxygens (including phenoxy) is 1. The fourth-order valence-corrected chi connectivity index (χ4v) is 4.75. The number of hydrogen-bond donors (Lipinski definition) is 0. The smallest absolute Gasteiger partial charge is 0.0774 e. The van der Waals surface area contributed by atoms with Crippen molar-refractivity contribution in [2.24, 2.45) is 5.92 Å². The van der Waals surface area contributed by atoms with Gasteiger partial charge in [-0.3, -0.25) is 14.0 Å². The van der Waals surface area contributed by atoms with Crippen LogP contribution >= 0.6 is 0 Å². The average Bonchev–Trinajstić information content (AvgIpc) is 3.71. The molecule has 2 unspecified atom stereocenters. The standard InChI is InChI=1S/C12H21N3.C10H16N2O.C9H16N2/c1-10(2)12-6-13-15(9-12)8-11-4-5-14(3)7-11;1-8(2)9-5-11-12(6-9)10-3-4-13-7-10;1-7(2)9-5-6-11(10-9)8(3)4/h6,9-11H,4-5,7-8H2,1-3H3;5-6,8,10H,3-4,7H2,1-2H3;5-8H,1-4H3. The molecule has 0 bridgehead atoms. The molecule has 2 fully saturated rings. The van der Waals surface area contributed by atoms with Crippen molar-refractivity contribution in [1.29, 1.82) is 0 Å². The van der Waals surface area contributed by atoms with Gasteiger partial charge in [-0.1, -0.05) is 41.5 Å². The first-order chi connectivity index (χ1) is 18.5. The summed E-state index contributed by atoms with van der Waals surface area (Å²) in [4.78, 5) is 2.40. The maximum absolute atomic E-state index is 5.32. The summed E-state index contributed by atoms with van der Waals surface area (Å²) >= 11 is 0. The Balaban J connectivity index is 0.000000164. The Morgan fingerprint density at radius 2 is 1.59 bits per heavy atom. The zero-order chi connectivity index (χ0) is 28.5. The minimum absolute atomic E-state index is 0.465. The molecule has 0 aromatic carbocycles. The van der Waals surface area contributed by atoms with E-state index in [4.69, 9.17) is 4.74 Å². The average molecular weight is 540 g/mol. The summed E-state index contributed by atoms with van der Waals surface area (Å²) in [7, 11) is 2.20. The van der Waals surface area contributed by atoms with Crippen molar-refractivity contribution in [3.63, 3.8) is 0 Å². The highest BCUT2D eigenvalue weighted by Crippen LogP contribution is 2.21. The Labute approximate surface area is 236 Å². The monoisotopic (exact) mass is 539 g/mol. The Bertz CT molecular complexity index is 1070. The quantitative estimate of drug-likeness (QED) is 0.342. The van der Waals surface area contributed by atoms with E-state index in [0.717, 1.165) is 32.1 Å². The molecule has 2 atom stereocenters. The van der Waals surface area contributed by atoms with Gasteiger partial charge >= 0.3 is 0 Å². The maximum atomic E-state index is 5.32.